The normalized spacial score (nSPS) is 19.8. The molecule has 0 aliphatic carbocycles. The van der Waals surface area contributed by atoms with E-state index in [4.69, 9.17) is 0 Å². The van der Waals surface area contributed by atoms with Gasteiger partial charge in [0.05, 0.1) is 5.41 Å². The Morgan fingerprint density at radius 2 is 1.60 bits per heavy atom. The first-order valence-corrected chi connectivity index (χ1v) is 12.9. The maximum absolute atomic E-state index is 13.3. The smallest absolute Gasteiger partial charge is 0.406 e. The minimum atomic E-state index is -4.78. The number of nitrogens with zero attached hydrogens (tertiary/aromatic N) is 2. The summed E-state index contributed by atoms with van der Waals surface area (Å²) in [5.41, 5.74) is 0.875. The highest BCUT2D eigenvalue weighted by Gasteiger charge is 2.49. The van der Waals surface area contributed by atoms with Crippen LogP contribution < -0.4 is 14.4 Å². The molecule has 1 amide bonds. The Labute approximate surface area is 203 Å². The molecule has 7 nitrogen and oxygen atoms in total. The minimum Gasteiger partial charge on any atom is -0.406 e. The van der Waals surface area contributed by atoms with Gasteiger partial charge in [-0.15, -0.1) is 13.2 Å². The molecule has 4 rings (SSSR count). The maximum Gasteiger partial charge on any atom is 0.573 e. The molecule has 1 spiro atoms. The number of carbonyl (C=O) groups is 1. The fourth-order valence-electron chi connectivity index (χ4n) is 4.73. The third kappa shape index (κ3) is 5.79. The van der Waals surface area contributed by atoms with Crippen molar-refractivity contribution >= 4 is 21.8 Å². The third-order valence-electron chi connectivity index (χ3n) is 6.85. The molecule has 2 fully saturated rings. The van der Waals surface area contributed by atoms with Crippen molar-refractivity contribution in [3.63, 3.8) is 0 Å². The monoisotopic (exact) mass is 511 g/mol. The maximum atomic E-state index is 13.3. The van der Waals surface area contributed by atoms with Crippen LogP contribution >= 0.6 is 0 Å². The van der Waals surface area contributed by atoms with Gasteiger partial charge < -0.3 is 9.64 Å². The first kappa shape index (κ1) is 25.5. The number of ether oxygens (including phenoxy) is 1. The van der Waals surface area contributed by atoms with E-state index in [0.717, 1.165) is 5.56 Å². The highest BCUT2D eigenvalue weighted by molar-refractivity contribution is 7.87. The molecule has 1 atom stereocenters. The van der Waals surface area contributed by atoms with Gasteiger partial charge in [-0.05, 0) is 55.0 Å². The van der Waals surface area contributed by atoms with Gasteiger partial charge in [-0.3, -0.25) is 4.79 Å². The van der Waals surface area contributed by atoms with Crippen LogP contribution in [0.15, 0.2) is 54.6 Å². The molecule has 2 heterocycles. The molecule has 0 saturated carbocycles. The summed E-state index contributed by atoms with van der Waals surface area (Å²) in [6, 6.07) is 14.9. The van der Waals surface area contributed by atoms with E-state index < -0.39 is 22.0 Å². The average Bonchev–Trinajstić information content (AvgIpc) is 3.13. The zero-order valence-corrected chi connectivity index (χ0v) is 20.1. The summed E-state index contributed by atoms with van der Waals surface area (Å²) >= 11 is 0. The Bertz CT molecular complexity index is 1130. The topological polar surface area (TPSA) is 79.0 Å². The molecule has 0 bridgehead atoms. The van der Waals surface area contributed by atoms with Crippen molar-refractivity contribution in [3.8, 4) is 5.75 Å². The van der Waals surface area contributed by atoms with Crippen molar-refractivity contribution < 1.29 is 31.1 Å². The molecule has 2 saturated heterocycles. The Morgan fingerprint density at radius 3 is 2.20 bits per heavy atom. The molecule has 1 N–H and O–H groups in total. The van der Waals surface area contributed by atoms with Crippen molar-refractivity contribution in [2.75, 3.05) is 31.1 Å². The van der Waals surface area contributed by atoms with E-state index in [1.165, 1.54) is 28.6 Å². The van der Waals surface area contributed by atoms with Gasteiger partial charge in [0.1, 0.15) is 5.75 Å². The summed E-state index contributed by atoms with van der Waals surface area (Å²) in [6.07, 6.45) is -3.42. The molecular weight excluding hydrogens is 483 g/mol. The number of anilines is 1. The quantitative estimate of drug-likeness (QED) is 0.609. The van der Waals surface area contributed by atoms with Crippen molar-refractivity contribution in [2.24, 2.45) is 5.41 Å². The van der Waals surface area contributed by atoms with Gasteiger partial charge in [0.15, 0.2) is 0 Å². The molecule has 11 heteroatoms. The fourth-order valence-corrected chi connectivity index (χ4v) is 6.04. The SMILES string of the molecule is CC(CNS(=O)(=O)N1CCC2(CCN(c3ccc(OC(F)(F)F)cc3)C2=O)CC1)c1ccccc1. The van der Waals surface area contributed by atoms with Crippen molar-refractivity contribution in [3.05, 3.63) is 60.2 Å². The van der Waals surface area contributed by atoms with Gasteiger partial charge in [-0.25, -0.2) is 4.72 Å². The molecule has 2 aliphatic rings. The number of halogens is 3. The van der Waals surface area contributed by atoms with Crippen LogP contribution in [0.1, 0.15) is 37.7 Å². The first-order chi connectivity index (χ1) is 16.5. The second kappa shape index (κ2) is 9.79. The van der Waals surface area contributed by atoms with E-state index in [1.807, 2.05) is 37.3 Å². The van der Waals surface area contributed by atoms with Crippen LogP contribution in [-0.4, -0.2) is 51.2 Å². The number of alkyl halides is 3. The average molecular weight is 512 g/mol. The predicted octanol–water partition coefficient (Wildman–Crippen LogP) is 4.04. The molecule has 1 unspecified atom stereocenters. The van der Waals surface area contributed by atoms with Crippen LogP contribution in [0.4, 0.5) is 18.9 Å². The zero-order chi connectivity index (χ0) is 25.3. The molecule has 2 aliphatic heterocycles. The van der Waals surface area contributed by atoms with Gasteiger partial charge in [-0.1, -0.05) is 37.3 Å². The van der Waals surface area contributed by atoms with Crippen molar-refractivity contribution in [2.45, 2.75) is 38.5 Å². The number of rotatable bonds is 7. The standard InChI is InChI=1S/C24H28F3N3O4S/c1-18(19-5-3-2-4-6-19)17-28-35(32,33)29-14-11-23(12-15-29)13-16-30(22(23)31)20-7-9-21(10-8-20)34-24(25,26)27/h2-10,18,28H,11-17H2,1H3. The van der Waals surface area contributed by atoms with Gasteiger partial charge in [0.25, 0.3) is 10.2 Å². The number of carbonyl (C=O) groups excluding carboxylic acids is 1. The molecule has 2 aromatic rings. The fraction of sp³-hybridized carbons (Fsp3) is 0.458. The van der Waals surface area contributed by atoms with E-state index in [9.17, 15) is 26.4 Å². The lowest BCUT2D eigenvalue weighted by atomic mass is 9.77. The van der Waals surface area contributed by atoms with Gasteiger partial charge in [0, 0.05) is 31.9 Å². The highest BCUT2D eigenvalue weighted by atomic mass is 32.2. The van der Waals surface area contributed by atoms with Crippen LogP contribution in [0.3, 0.4) is 0 Å². The summed E-state index contributed by atoms with van der Waals surface area (Å²) in [4.78, 5) is 14.8. The minimum absolute atomic E-state index is 0.0139. The van der Waals surface area contributed by atoms with Gasteiger partial charge >= 0.3 is 6.36 Å². The Morgan fingerprint density at radius 1 is 1.00 bits per heavy atom. The molecular formula is C24H28F3N3O4S. The predicted molar refractivity (Wildman–Crippen MR) is 125 cm³/mol. The summed E-state index contributed by atoms with van der Waals surface area (Å²) in [7, 11) is -3.68. The first-order valence-electron chi connectivity index (χ1n) is 11.5. The Hall–Kier alpha value is -2.63. The lowest BCUT2D eigenvalue weighted by Crippen LogP contribution is -2.50. The molecule has 0 radical (unpaired) electrons. The van der Waals surface area contributed by atoms with E-state index in [-0.39, 0.29) is 37.2 Å². The lowest BCUT2D eigenvalue weighted by molar-refractivity contribution is -0.274. The zero-order valence-electron chi connectivity index (χ0n) is 19.3. The number of nitrogens with one attached hydrogen (secondary N) is 1. The number of benzene rings is 2. The summed E-state index contributed by atoms with van der Waals surface area (Å²) < 4.78 is 70.8. The summed E-state index contributed by atoms with van der Waals surface area (Å²) in [5.74, 6) is -0.458. The number of hydrogen-bond donors (Lipinski definition) is 1. The van der Waals surface area contributed by atoms with E-state index in [2.05, 4.69) is 9.46 Å². The van der Waals surface area contributed by atoms with Crippen LogP contribution in [0.2, 0.25) is 0 Å². The summed E-state index contributed by atoms with van der Waals surface area (Å²) in [5, 5.41) is 0. The Kier molecular flexibility index (Phi) is 7.12. The van der Waals surface area contributed by atoms with E-state index >= 15 is 0 Å². The molecule has 35 heavy (non-hydrogen) atoms. The second-order valence-corrected chi connectivity index (χ2v) is 10.8. The summed E-state index contributed by atoms with van der Waals surface area (Å²) in [6.45, 7) is 3.11. The number of amides is 1. The van der Waals surface area contributed by atoms with Gasteiger partial charge in [-0.2, -0.15) is 12.7 Å². The molecule has 0 aromatic heterocycles. The van der Waals surface area contributed by atoms with E-state index in [0.29, 0.717) is 31.5 Å². The van der Waals surface area contributed by atoms with Crippen LogP contribution in [-0.2, 0) is 15.0 Å². The van der Waals surface area contributed by atoms with Crippen molar-refractivity contribution in [1.82, 2.24) is 9.03 Å². The third-order valence-corrected chi connectivity index (χ3v) is 8.43. The largest absolute Gasteiger partial charge is 0.573 e. The van der Waals surface area contributed by atoms with Gasteiger partial charge in [0.2, 0.25) is 5.91 Å². The lowest BCUT2D eigenvalue weighted by Gasteiger charge is -2.37. The van der Waals surface area contributed by atoms with Crippen LogP contribution in [0, 0.1) is 5.41 Å². The van der Waals surface area contributed by atoms with Crippen molar-refractivity contribution in [1.29, 1.82) is 0 Å². The Balaban J connectivity index is 1.34. The molecule has 2 aromatic carbocycles. The van der Waals surface area contributed by atoms with E-state index in [1.54, 1.807) is 4.90 Å². The number of piperidine rings is 1. The highest BCUT2D eigenvalue weighted by Crippen LogP contribution is 2.43. The van der Waals surface area contributed by atoms with Crippen LogP contribution in [0.25, 0.3) is 0 Å². The second-order valence-electron chi connectivity index (χ2n) is 9.09. The van der Waals surface area contributed by atoms with Crippen LogP contribution in [0.5, 0.6) is 5.75 Å². The molecule has 190 valence electrons. The number of hydrogen-bond acceptors (Lipinski definition) is 4.